The normalized spacial score (nSPS) is 16.5. The number of nitrogens with one attached hydrogen (secondary N) is 1. The number of aromatic nitrogens is 1. The van der Waals surface area contributed by atoms with E-state index in [0.29, 0.717) is 18.0 Å². The van der Waals surface area contributed by atoms with Crippen molar-refractivity contribution < 1.29 is 9.32 Å². The third-order valence-corrected chi connectivity index (χ3v) is 6.95. The molecule has 0 aromatic carbocycles. The molecule has 1 amide bonds. The molecule has 0 saturated carbocycles. The monoisotopic (exact) mass is 437 g/mol. The fraction of sp³-hybridized carbons (Fsp3) is 0.400. The molecule has 8 heteroatoms. The second-order valence-corrected chi connectivity index (χ2v) is 8.94. The molecule has 1 N–H and O–H groups in total. The number of carbonyl (C=O) groups excluding carboxylic acids is 1. The van der Waals surface area contributed by atoms with E-state index in [4.69, 9.17) is 4.52 Å². The van der Waals surface area contributed by atoms with Crippen molar-refractivity contribution in [2.45, 2.75) is 25.8 Å². The number of carbonyl (C=O) groups is 1. The third kappa shape index (κ3) is 4.84. The second kappa shape index (κ2) is 9.69. The molecule has 4 rings (SSSR count). The average Bonchev–Trinajstić information content (AvgIpc) is 3.44. The van der Waals surface area contributed by atoms with Gasteiger partial charge in [-0.25, -0.2) is 0 Å². The summed E-state index contributed by atoms with van der Waals surface area (Å²) in [6.07, 6.45) is 2.42. The lowest BCUT2D eigenvalue weighted by Gasteiger charge is -2.36. The van der Waals surface area contributed by atoms with Gasteiger partial charge >= 0.3 is 0 Å². The molecule has 1 aliphatic rings. The van der Waals surface area contributed by atoms with Crippen molar-refractivity contribution in [3.8, 4) is 10.6 Å². The Balaban J connectivity index is 0.00000225. The third-order valence-electron chi connectivity index (χ3n) is 5.09. The summed E-state index contributed by atoms with van der Waals surface area (Å²) in [6, 6.07) is 10.1. The topological polar surface area (TPSA) is 58.4 Å². The quantitative estimate of drug-likeness (QED) is 0.583. The maximum absolute atomic E-state index is 12.6. The van der Waals surface area contributed by atoms with Gasteiger partial charge in [-0.15, -0.1) is 35.1 Å². The molecule has 1 unspecified atom stereocenters. The lowest BCUT2D eigenvalue weighted by atomic mass is 9.97. The highest BCUT2D eigenvalue weighted by Gasteiger charge is 2.26. The zero-order chi connectivity index (χ0) is 18.6. The van der Waals surface area contributed by atoms with Crippen LogP contribution in [0.1, 0.15) is 41.2 Å². The van der Waals surface area contributed by atoms with E-state index >= 15 is 0 Å². The molecule has 1 atom stereocenters. The van der Waals surface area contributed by atoms with Crippen LogP contribution in [0, 0.1) is 5.92 Å². The smallest absolute Gasteiger partial charge is 0.273 e. The highest BCUT2D eigenvalue weighted by atomic mass is 35.5. The van der Waals surface area contributed by atoms with Gasteiger partial charge in [0.25, 0.3) is 5.91 Å². The maximum Gasteiger partial charge on any atom is 0.273 e. The fourth-order valence-corrected chi connectivity index (χ4v) is 4.96. The van der Waals surface area contributed by atoms with Gasteiger partial charge in [0.2, 0.25) is 0 Å². The van der Waals surface area contributed by atoms with Crippen LogP contribution < -0.4 is 5.32 Å². The van der Waals surface area contributed by atoms with Gasteiger partial charge in [-0.2, -0.15) is 0 Å². The zero-order valence-corrected chi connectivity index (χ0v) is 18.1. The van der Waals surface area contributed by atoms with Gasteiger partial charge in [0.1, 0.15) is 0 Å². The largest absolute Gasteiger partial charge is 0.355 e. The van der Waals surface area contributed by atoms with Crippen LogP contribution in [0.15, 0.2) is 45.6 Å². The van der Waals surface area contributed by atoms with E-state index in [1.807, 2.05) is 17.5 Å². The molecule has 1 saturated heterocycles. The van der Waals surface area contributed by atoms with E-state index in [9.17, 15) is 4.79 Å². The molecule has 150 valence electrons. The molecule has 28 heavy (non-hydrogen) atoms. The lowest BCUT2D eigenvalue weighted by Crippen LogP contribution is -2.41. The van der Waals surface area contributed by atoms with Gasteiger partial charge in [0.15, 0.2) is 11.5 Å². The number of amides is 1. The molecular formula is C20H24ClN3O2S2. The van der Waals surface area contributed by atoms with Gasteiger partial charge in [-0.05, 0) is 54.7 Å². The van der Waals surface area contributed by atoms with Crippen molar-refractivity contribution in [3.63, 3.8) is 0 Å². The summed E-state index contributed by atoms with van der Waals surface area (Å²) in [4.78, 5) is 17.4. The van der Waals surface area contributed by atoms with Crippen LogP contribution in [0.25, 0.3) is 10.6 Å². The summed E-state index contributed by atoms with van der Waals surface area (Å²) in [7, 11) is 0. The maximum atomic E-state index is 12.6. The SMILES string of the molecule is CC1CCN(C(CNC(=O)c2cc(-c3cccs3)on2)c2cccs2)CC1.Cl. The van der Waals surface area contributed by atoms with E-state index in [2.05, 4.69) is 39.8 Å². The van der Waals surface area contributed by atoms with Gasteiger partial charge in [-0.1, -0.05) is 24.2 Å². The first kappa shape index (κ1) is 21.0. The Kier molecular flexibility index (Phi) is 7.29. The summed E-state index contributed by atoms with van der Waals surface area (Å²) < 4.78 is 5.33. The highest BCUT2D eigenvalue weighted by Crippen LogP contribution is 2.29. The minimum Gasteiger partial charge on any atom is -0.355 e. The Labute approximate surface area is 179 Å². The second-order valence-electron chi connectivity index (χ2n) is 7.01. The first-order valence-corrected chi connectivity index (χ1v) is 11.0. The van der Waals surface area contributed by atoms with Crippen LogP contribution in [0.2, 0.25) is 0 Å². The minimum atomic E-state index is -0.187. The molecule has 1 fully saturated rings. The molecule has 0 spiro atoms. The van der Waals surface area contributed by atoms with E-state index in [1.54, 1.807) is 28.7 Å². The van der Waals surface area contributed by atoms with Crippen molar-refractivity contribution >= 4 is 41.0 Å². The van der Waals surface area contributed by atoms with Gasteiger partial charge in [-0.3, -0.25) is 9.69 Å². The number of rotatable bonds is 6. The first-order chi connectivity index (χ1) is 13.2. The number of hydrogen-bond acceptors (Lipinski definition) is 6. The molecular weight excluding hydrogens is 414 g/mol. The predicted molar refractivity (Wildman–Crippen MR) is 116 cm³/mol. The molecule has 3 aromatic heterocycles. The van der Waals surface area contributed by atoms with Crippen LogP contribution in [0.3, 0.4) is 0 Å². The number of thiophene rings is 2. The summed E-state index contributed by atoms with van der Waals surface area (Å²) in [6.45, 7) is 5.04. The molecule has 4 heterocycles. The first-order valence-electron chi connectivity index (χ1n) is 9.27. The van der Waals surface area contributed by atoms with E-state index in [-0.39, 0.29) is 24.4 Å². The summed E-state index contributed by atoms with van der Waals surface area (Å²) in [5.74, 6) is 1.23. The number of likely N-dealkylation sites (tertiary alicyclic amines) is 1. The number of nitrogens with zero attached hydrogens (tertiary/aromatic N) is 2. The van der Waals surface area contributed by atoms with E-state index in [1.165, 1.54) is 17.7 Å². The van der Waals surface area contributed by atoms with Crippen LogP contribution in [-0.2, 0) is 0 Å². The Morgan fingerprint density at radius 2 is 2.04 bits per heavy atom. The fourth-order valence-electron chi connectivity index (χ4n) is 3.43. The Morgan fingerprint density at radius 3 is 2.71 bits per heavy atom. The minimum absolute atomic E-state index is 0. The molecule has 5 nitrogen and oxygen atoms in total. The number of hydrogen-bond donors (Lipinski definition) is 1. The molecule has 0 radical (unpaired) electrons. The molecule has 3 aromatic rings. The summed E-state index contributed by atoms with van der Waals surface area (Å²) >= 11 is 3.32. The Bertz CT molecular complexity index is 856. The zero-order valence-electron chi connectivity index (χ0n) is 15.7. The Morgan fingerprint density at radius 1 is 1.29 bits per heavy atom. The van der Waals surface area contributed by atoms with Crippen LogP contribution in [0.5, 0.6) is 0 Å². The van der Waals surface area contributed by atoms with Gasteiger partial charge < -0.3 is 9.84 Å². The molecule has 0 aliphatic carbocycles. The number of halogens is 1. The standard InChI is InChI=1S/C20H23N3O2S2.ClH/c1-14-6-8-23(9-7-14)16(18-4-2-10-26-18)13-21-20(24)15-12-17(25-22-15)19-5-3-11-27-19;/h2-5,10-12,14,16H,6-9,13H2,1H3,(H,21,24);1H. The Hall–Kier alpha value is -1.67. The van der Waals surface area contributed by atoms with Crippen LogP contribution >= 0.6 is 35.1 Å². The highest BCUT2D eigenvalue weighted by molar-refractivity contribution is 7.13. The van der Waals surface area contributed by atoms with Crippen molar-refractivity contribution in [2.24, 2.45) is 5.92 Å². The predicted octanol–water partition coefficient (Wildman–Crippen LogP) is 5.09. The van der Waals surface area contributed by atoms with Crippen LogP contribution in [0.4, 0.5) is 0 Å². The van der Waals surface area contributed by atoms with Gasteiger partial charge in [0, 0.05) is 17.5 Å². The van der Waals surface area contributed by atoms with Crippen molar-refractivity contribution in [1.29, 1.82) is 0 Å². The number of piperidine rings is 1. The molecule has 0 bridgehead atoms. The van der Waals surface area contributed by atoms with E-state index < -0.39 is 0 Å². The van der Waals surface area contributed by atoms with Crippen molar-refractivity contribution in [3.05, 3.63) is 51.7 Å². The van der Waals surface area contributed by atoms with Gasteiger partial charge in [0.05, 0.1) is 10.9 Å². The average molecular weight is 438 g/mol. The summed E-state index contributed by atoms with van der Waals surface area (Å²) in [5.41, 5.74) is 0.329. The molecule has 1 aliphatic heterocycles. The van der Waals surface area contributed by atoms with E-state index in [0.717, 1.165) is 23.9 Å². The summed E-state index contributed by atoms with van der Waals surface area (Å²) in [5, 5.41) is 11.1. The van der Waals surface area contributed by atoms with Crippen molar-refractivity contribution in [1.82, 2.24) is 15.4 Å². The van der Waals surface area contributed by atoms with Crippen LogP contribution in [-0.4, -0.2) is 35.6 Å². The lowest BCUT2D eigenvalue weighted by molar-refractivity contribution is 0.0906. The van der Waals surface area contributed by atoms with Crippen molar-refractivity contribution in [2.75, 3.05) is 19.6 Å².